The Kier molecular flexibility index (Phi) is 7.17. The Morgan fingerprint density at radius 3 is 2.03 bits per heavy atom. The zero-order valence-electron chi connectivity index (χ0n) is 17.3. The molecule has 1 atom stereocenters. The second kappa shape index (κ2) is 10.2. The van der Waals surface area contributed by atoms with E-state index in [9.17, 15) is 24.8 Å². The summed E-state index contributed by atoms with van der Waals surface area (Å²) in [5.74, 6) is -2.16. The van der Waals surface area contributed by atoms with Gasteiger partial charge in [0.15, 0.2) is 0 Å². The SMILES string of the molecule is COc1ccc([N+](=O)[O-])cc1C[C@H](NC(=O)C(c1ccccc1)c1ccccc1)C(=O)O. The molecule has 8 nitrogen and oxygen atoms in total. The highest BCUT2D eigenvalue weighted by Crippen LogP contribution is 2.27. The summed E-state index contributed by atoms with van der Waals surface area (Å²) < 4.78 is 5.22. The number of carbonyl (C=O) groups is 2. The maximum absolute atomic E-state index is 13.3. The van der Waals surface area contributed by atoms with Crippen molar-refractivity contribution in [2.75, 3.05) is 7.11 Å². The molecule has 0 bridgehead atoms. The van der Waals surface area contributed by atoms with Crippen molar-refractivity contribution in [1.29, 1.82) is 0 Å². The first-order valence-corrected chi connectivity index (χ1v) is 9.85. The number of carboxylic acids is 1. The highest BCUT2D eigenvalue weighted by Gasteiger charge is 2.29. The summed E-state index contributed by atoms with van der Waals surface area (Å²) in [5.41, 5.74) is 1.55. The molecule has 0 heterocycles. The summed E-state index contributed by atoms with van der Waals surface area (Å²) in [7, 11) is 1.39. The smallest absolute Gasteiger partial charge is 0.326 e. The average Bonchev–Trinajstić information content (AvgIpc) is 2.80. The number of nitrogens with zero attached hydrogens (tertiary/aromatic N) is 1. The summed E-state index contributed by atoms with van der Waals surface area (Å²) in [6.07, 6.45) is -0.178. The topological polar surface area (TPSA) is 119 Å². The Morgan fingerprint density at radius 1 is 1.00 bits per heavy atom. The molecule has 3 aromatic carbocycles. The molecular formula is C24H22N2O6. The quantitative estimate of drug-likeness (QED) is 0.393. The summed E-state index contributed by atoms with van der Waals surface area (Å²) in [6.45, 7) is 0. The lowest BCUT2D eigenvalue weighted by atomic mass is 9.90. The van der Waals surface area contributed by atoms with Gasteiger partial charge in [-0.05, 0) is 17.2 Å². The van der Waals surface area contributed by atoms with E-state index in [-0.39, 0.29) is 12.1 Å². The Bertz CT molecular complexity index is 1060. The molecule has 0 saturated heterocycles. The molecule has 0 aliphatic carbocycles. The molecule has 0 fully saturated rings. The normalized spacial score (nSPS) is 11.6. The van der Waals surface area contributed by atoms with E-state index in [1.807, 2.05) is 12.1 Å². The molecular weight excluding hydrogens is 412 g/mol. The minimum absolute atomic E-state index is 0.178. The van der Waals surface area contributed by atoms with Crippen LogP contribution < -0.4 is 10.1 Å². The van der Waals surface area contributed by atoms with Gasteiger partial charge in [0, 0.05) is 24.1 Å². The number of carbonyl (C=O) groups excluding carboxylic acids is 1. The van der Waals surface area contributed by atoms with E-state index >= 15 is 0 Å². The molecule has 0 aliphatic heterocycles. The molecule has 0 spiro atoms. The first-order valence-electron chi connectivity index (χ1n) is 9.85. The fraction of sp³-hybridized carbons (Fsp3) is 0.167. The summed E-state index contributed by atoms with van der Waals surface area (Å²) in [5, 5.41) is 23.5. The van der Waals surface area contributed by atoms with Crippen LogP contribution in [0, 0.1) is 10.1 Å². The number of benzene rings is 3. The van der Waals surface area contributed by atoms with Gasteiger partial charge in [0.1, 0.15) is 11.8 Å². The van der Waals surface area contributed by atoms with Gasteiger partial charge in [-0.1, -0.05) is 60.7 Å². The van der Waals surface area contributed by atoms with Gasteiger partial charge < -0.3 is 15.2 Å². The van der Waals surface area contributed by atoms with Crippen LogP contribution in [0.3, 0.4) is 0 Å². The van der Waals surface area contributed by atoms with Gasteiger partial charge in [-0.25, -0.2) is 4.79 Å². The van der Waals surface area contributed by atoms with Crippen molar-refractivity contribution in [3.05, 3.63) is 106 Å². The Balaban J connectivity index is 1.91. The minimum Gasteiger partial charge on any atom is -0.496 e. The van der Waals surface area contributed by atoms with E-state index in [1.165, 1.54) is 25.3 Å². The van der Waals surface area contributed by atoms with Crippen LogP contribution in [0.15, 0.2) is 78.9 Å². The number of nitro benzene ring substituents is 1. The fourth-order valence-corrected chi connectivity index (χ4v) is 3.50. The van der Waals surface area contributed by atoms with Crippen molar-refractivity contribution >= 4 is 17.6 Å². The molecule has 3 aromatic rings. The molecule has 3 rings (SSSR count). The third kappa shape index (κ3) is 5.28. The number of carboxylic acid groups (broad SMARTS) is 1. The Labute approximate surface area is 184 Å². The lowest BCUT2D eigenvalue weighted by Crippen LogP contribution is -2.44. The number of ether oxygens (including phenoxy) is 1. The van der Waals surface area contributed by atoms with Crippen molar-refractivity contribution in [2.24, 2.45) is 0 Å². The molecule has 8 heteroatoms. The van der Waals surface area contributed by atoms with Crippen molar-refractivity contribution in [1.82, 2.24) is 5.32 Å². The van der Waals surface area contributed by atoms with Crippen molar-refractivity contribution in [3.63, 3.8) is 0 Å². The van der Waals surface area contributed by atoms with Gasteiger partial charge >= 0.3 is 5.97 Å². The van der Waals surface area contributed by atoms with Crippen LogP contribution >= 0.6 is 0 Å². The largest absolute Gasteiger partial charge is 0.496 e. The lowest BCUT2D eigenvalue weighted by molar-refractivity contribution is -0.384. The van der Waals surface area contributed by atoms with Crippen molar-refractivity contribution < 1.29 is 24.4 Å². The Hall–Kier alpha value is -4.20. The Morgan fingerprint density at radius 2 is 1.56 bits per heavy atom. The maximum atomic E-state index is 13.3. The van der Waals surface area contributed by atoms with Gasteiger partial charge in [0.2, 0.25) is 5.91 Å². The third-order valence-corrected chi connectivity index (χ3v) is 5.04. The van der Waals surface area contributed by atoms with Crippen molar-refractivity contribution in [3.8, 4) is 5.75 Å². The zero-order valence-corrected chi connectivity index (χ0v) is 17.3. The van der Waals surface area contributed by atoms with Crippen LogP contribution in [0.1, 0.15) is 22.6 Å². The molecule has 0 aliphatic rings. The molecule has 164 valence electrons. The van der Waals surface area contributed by atoms with E-state index in [0.717, 1.165) is 0 Å². The predicted octanol–water partition coefficient (Wildman–Crippen LogP) is 3.55. The molecule has 0 saturated carbocycles. The number of nitro groups is 1. The fourth-order valence-electron chi connectivity index (χ4n) is 3.50. The van der Waals surface area contributed by atoms with Crippen LogP contribution in [0.4, 0.5) is 5.69 Å². The van der Waals surface area contributed by atoms with Crippen LogP contribution in [0.2, 0.25) is 0 Å². The lowest BCUT2D eigenvalue weighted by Gasteiger charge is -2.22. The van der Waals surface area contributed by atoms with Crippen LogP contribution in [-0.2, 0) is 16.0 Å². The molecule has 1 amide bonds. The predicted molar refractivity (Wildman–Crippen MR) is 118 cm³/mol. The number of hydrogen-bond acceptors (Lipinski definition) is 5. The summed E-state index contributed by atoms with van der Waals surface area (Å²) in [4.78, 5) is 35.8. The second-order valence-corrected chi connectivity index (χ2v) is 7.11. The third-order valence-electron chi connectivity index (χ3n) is 5.04. The van der Waals surface area contributed by atoms with Gasteiger partial charge in [0.05, 0.1) is 18.0 Å². The van der Waals surface area contributed by atoms with E-state index in [4.69, 9.17) is 4.74 Å². The first-order chi connectivity index (χ1) is 15.4. The monoisotopic (exact) mass is 434 g/mol. The highest BCUT2D eigenvalue weighted by atomic mass is 16.6. The average molecular weight is 434 g/mol. The van der Waals surface area contributed by atoms with Gasteiger partial charge in [-0.3, -0.25) is 14.9 Å². The second-order valence-electron chi connectivity index (χ2n) is 7.11. The van der Waals surface area contributed by atoms with E-state index < -0.39 is 28.8 Å². The van der Waals surface area contributed by atoms with Crippen LogP contribution in [0.5, 0.6) is 5.75 Å². The molecule has 2 N–H and O–H groups in total. The van der Waals surface area contributed by atoms with E-state index in [1.54, 1.807) is 48.5 Å². The zero-order chi connectivity index (χ0) is 23.1. The first kappa shape index (κ1) is 22.5. The number of non-ortho nitro benzene ring substituents is 1. The standard InChI is InChI=1S/C24H22N2O6/c1-32-21-13-12-19(26(30)31)14-18(21)15-20(24(28)29)25-23(27)22(16-8-4-2-5-9-16)17-10-6-3-7-11-17/h2-14,20,22H,15H2,1H3,(H,25,27)(H,28,29)/t20-/m0/s1. The van der Waals surface area contributed by atoms with Gasteiger partial charge in [-0.2, -0.15) is 0 Å². The van der Waals surface area contributed by atoms with Gasteiger partial charge in [0.25, 0.3) is 5.69 Å². The summed E-state index contributed by atoms with van der Waals surface area (Å²) in [6, 6.07) is 20.7. The molecule has 32 heavy (non-hydrogen) atoms. The van der Waals surface area contributed by atoms with E-state index in [0.29, 0.717) is 22.4 Å². The maximum Gasteiger partial charge on any atom is 0.326 e. The van der Waals surface area contributed by atoms with Gasteiger partial charge in [-0.15, -0.1) is 0 Å². The van der Waals surface area contributed by atoms with Crippen molar-refractivity contribution in [2.45, 2.75) is 18.4 Å². The molecule has 0 unspecified atom stereocenters. The number of nitrogens with one attached hydrogen (secondary N) is 1. The molecule has 0 radical (unpaired) electrons. The molecule has 0 aromatic heterocycles. The van der Waals surface area contributed by atoms with E-state index in [2.05, 4.69) is 5.32 Å². The van der Waals surface area contributed by atoms with Crippen LogP contribution in [0.25, 0.3) is 0 Å². The van der Waals surface area contributed by atoms with Crippen LogP contribution in [-0.4, -0.2) is 35.1 Å². The number of rotatable bonds is 9. The highest BCUT2D eigenvalue weighted by molar-refractivity contribution is 5.90. The number of methoxy groups -OCH3 is 1. The minimum atomic E-state index is -1.31. The number of amides is 1. The summed E-state index contributed by atoms with van der Waals surface area (Å²) >= 11 is 0. The number of hydrogen-bond donors (Lipinski definition) is 2. The number of aliphatic carboxylic acids is 1.